The quantitative estimate of drug-likeness (QED) is 0.0512. The van der Waals surface area contributed by atoms with Crippen LogP contribution in [0.2, 0.25) is 0 Å². The summed E-state index contributed by atoms with van der Waals surface area (Å²) in [6, 6.07) is -0.976. The zero-order valence-electron chi connectivity index (χ0n) is 27.3. The van der Waals surface area contributed by atoms with Crippen molar-refractivity contribution in [2.24, 2.45) is 0 Å². The van der Waals surface area contributed by atoms with Crippen molar-refractivity contribution in [2.75, 3.05) is 6.61 Å². The molecule has 4 unspecified atom stereocenters. The van der Waals surface area contributed by atoms with Crippen LogP contribution in [0.25, 0.3) is 0 Å². The highest BCUT2D eigenvalue weighted by molar-refractivity contribution is 5.80. The van der Waals surface area contributed by atoms with Gasteiger partial charge in [-0.25, -0.2) is 0 Å². The number of hydrogen-bond acceptors (Lipinski definition) is 5. The molecule has 4 atom stereocenters. The van der Waals surface area contributed by atoms with Gasteiger partial charge in [0, 0.05) is 0 Å². The first-order chi connectivity index (χ1) is 20.0. The summed E-state index contributed by atoms with van der Waals surface area (Å²) in [7, 11) is 0. The molecule has 246 valence electrons. The molecule has 41 heavy (non-hydrogen) atoms. The molecule has 1 amide bonds. The minimum Gasteiger partial charge on any atom is -0.394 e. The van der Waals surface area contributed by atoms with Crippen LogP contribution in [0.1, 0.15) is 187 Å². The topological polar surface area (TPSA) is 110 Å². The Labute approximate surface area is 254 Å². The average molecular weight is 586 g/mol. The summed E-state index contributed by atoms with van der Waals surface area (Å²) in [6.07, 6.45) is 28.3. The number of nitrogens with one attached hydrogen (secondary N) is 1. The predicted molar refractivity (Wildman–Crippen MR) is 173 cm³/mol. The van der Waals surface area contributed by atoms with Crippen molar-refractivity contribution in [3.05, 3.63) is 0 Å². The van der Waals surface area contributed by atoms with E-state index in [-0.39, 0.29) is 0 Å². The zero-order valence-corrected chi connectivity index (χ0v) is 27.3. The maximum absolute atomic E-state index is 12.4. The third-order valence-corrected chi connectivity index (χ3v) is 8.57. The van der Waals surface area contributed by atoms with Crippen molar-refractivity contribution in [2.45, 2.75) is 212 Å². The largest absolute Gasteiger partial charge is 0.394 e. The molecule has 0 aromatic rings. The summed E-state index contributed by atoms with van der Waals surface area (Å²) in [4.78, 5) is 12.4. The molecule has 0 aliphatic heterocycles. The highest BCUT2D eigenvalue weighted by atomic mass is 16.3. The maximum atomic E-state index is 12.4. The van der Waals surface area contributed by atoms with Gasteiger partial charge < -0.3 is 25.7 Å². The van der Waals surface area contributed by atoms with E-state index in [0.717, 1.165) is 38.5 Å². The molecule has 0 heterocycles. The number of carbonyl (C=O) groups is 1. The molecule has 0 saturated carbocycles. The summed E-state index contributed by atoms with van der Waals surface area (Å²) in [5.74, 6) is -0.584. The molecule has 0 spiro atoms. The molecule has 5 N–H and O–H groups in total. The predicted octanol–water partition coefficient (Wildman–Crippen LogP) is 8.12. The Morgan fingerprint density at radius 2 is 0.829 bits per heavy atom. The van der Waals surface area contributed by atoms with E-state index < -0.39 is 36.9 Å². The molecule has 0 aromatic heterocycles. The van der Waals surface area contributed by atoms with Gasteiger partial charge in [0.15, 0.2) is 0 Å². The summed E-state index contributed by atoms with van der Waals surface area (Å²) >= 11 is 0. The number of hydrogen-bond donors (Lipinski definition) is 5. The fraction of sp³-hybridized carbons (Fsp3) is 0.971. The van der Waals surface area contributed by atoms with E-state index in [4.69, 9.17) is 0 Å². The molecular formula is C35H71NO5. The number of aliphatic hydroxyl groups is 4. The maximum Gasteiger partial charge on any atom is 0.249 e. The lowest BCUT2D eigenvalue weighted by molar-refractivity contribution is -0.132. The zero-order chi connectivity index (χ0) is 30.4. The van der Waals surface area contributed by atoms with Crippen LogP contribution in [-0.4, -0.2) is 57.3 Å². The first-order valence-electron chi connectivity index (χ1n) is 17.9. The van der Waals surface area contributed by atoms with E-state index in [1.165, 1.54) is 122 Å². The molecule has 0 rings (SSSR count). The van der Waals surface area contributed by atoms with Crippen LogP contribution < -0.4 is 5.32 Å². The van der Waals surface area contributed by atoms with Gasteiger partial charge >= 0.3 is 0 Å². The van der Waals surface area contributed by atoms with E-state index in [9.17, 15) is 25.2 Å². The van der Waals surface area contributed by atoms with Gasteiger partial charge in [0.1, 0.15) is 12.2 Å². The second-order valence-electron chi connectivity index (χ2n) is 12.6. The fourth-order valence-corrected chi connectivity index (χ4v) is 5.64. The minimum atomic E-state index is -1.25. The first kappa shape index (κ1) is 40.3. The van der Waals surface area contributed by atoms with Gasteiger partial charge in [-0.2, -0.15) is 0 Å². The smallest absolute Gasteiger partial charge is 0.249 e. The summed E-state index contributed by atoms with van der Waals surface area (Å²) in [5, 5.41) is 43.3. The van der Waals surface area contributed by atoms with Gasteiger partial charge in [0.2, 0.25) is 5.91 Å². The van der Waals surface area contributed by atoms with E-state index in [1.807, 2.05) is 0 Å². The van der Waals surface area contributed by atoms with Crippen molar-refractivity contribution in [3.8, 4) is 0 Å². The Morgan fingerprint density at radius 1 is 0.512 bits per heavy atom. The van der Waals surface area contributed by atoms with Crippen molar-refractivity contribution < 1.29 is 25.2 Å². The van der Waals surface area contributed by atoms with Crippen LogP contribution in [0.15, 0.2) is 0 Å². The van der Waals surface area contributed by atoms with Crippen molar-refractivity contribution in [1.82, 2.24) is 5.32 Å². The van der Waals surface area contributed by atoms with Crippen molar-refractivity contribution in [1.29, 1.82) is 0 Å². The number of amides is 1. The van der Waals surface area contributed by atoms with E-state index in [2.05, 4.69) is 19.2 Å². The van der Waals surface area contributed by atoms with Crippen LogP contribution in [0.4, 0.5) is 0 Å². The van der Waals surface area contributed by atoms with Crippen LogP contribution in [0.5, 0.6) is 0 Å². The Balaban J connectivity index is 3.82. The fourth-order valence-electron chi connectivity index (χ4n) is 5.64. The van der Waals surface area contributed by atoms with Gasteiger partial charge in [-0.05, 0) is 12.8 Å². The lowest BCUT2D eigenvalue weighted by Crippen LogP contribution is -2.53. The van der Waals surface area contributed by atoms with E-state index in [1.54, 1.807) is 0 Å². The standard InChI is InChI=1S/C35H71NO5/c1-3-5-7-9-11-13-15-17-19-20-22-24-26-28-32(38)34(40)31(30-37)36-35(41)33(39)29-27-25-23-21-18-16-14-12-10-8-6-4-2/h31-34,37-40H,3-30H2,1-2H3,(H,36,41). The second-order valence-corrected chi connectivity index (χ2v) is 12.6. The highest BCUT2D eigenvalue weighted by Crippen LogP contribution is 2.16. The third kappa shape index (κ3) is 25.5. The normalized spacial score (nSPS) is 14.6. The summed E-state index contributed by atoms with van der Waals surface area (Å²) in [5.41, 5.74) is 0. The van der Waals surface area contributed by atoms with E-state index >= 15 is 0 Å². The van der Waals surface area contributed by atoms with Crippen molar-refractivity contribution in [3.63, 3.8) is 0 Å². The highest BCUT2D eigenvalue weighted by Gasteiger charge is 2.28. The van der Waals surface area contributed by atoms with Gasteiger partial charge in [-0.1, -0.05) is 174 Å². The van der Waals surface area contributed by atoms with Gasteiger partial charge in [-0.15, -0.1) is 0 Å². The van der Waals surface area contributed by atoms with E-state index in [0.29, 0.717) is 12.8 Å². The van der Waals surface area contributed by atoms with Crippen molar-refractivity contribution >= 4 is 5.91 Å². The summed E-state index contributed by atoms with van der Waals surface area (Å²) < 4.78 is 0. The molecule has 6 heteroatoms. The molecule has 0 radical (unpaired) electrons. The SMILES string of the molecule is CCCCCCCCCCCCCCCC(O)C(O)C(CO)NC(=O)C(O)CCCCCCCCCCCCCC. The monoisotopic (exact) mass is 586 g/mol. The number of rotatable bonds is 32. The Kier molecular flexibility index (Phi) is 30.2. The molecular weight excluding hydrogens is 514 g/mol. The van der Waals surface area contributed by atoms with Crippen LogP contribution >= 0.6 is 0 Å². The molecule has 0 aliphatic carbocycles. The molecule has 0 aromatic carbocycles. The third-order valence-electron chi connectivity index (χ3n) is 8.57. The minimum absolute atomic E-state index is 0.374. The Hall–Kier alpha value is -0.690. The molecule has 0 saturated heterocycles. The lowest BCUT2D eigenvalue weighted by atomic mass is 9.99. The van der Waals surface area contributed by atoms with Crippen LogP contribution in [-0.2, 0) is 4.79 Å². The van der Waals surface area contributed by atoms with Crippen LogP contribution in [0, 0.1) is 0 Å². The molecule has 0 aliphatic rings. The Morgan fingerprint density at radius 3 is 1.17 bits per heavy atom. The number of unbranched alkanes of at least 4 members (excludes halogenated alkanes) is 23. The Bertz CT molecular complexity index is 547. The van der Waals surface area contributed by atoms with Crippen LogP contribution in [0.3, 0.4) is 0 Å². The van der Waals surface area contributed by atoms with Gasteiger partial charge in [-0.3, -0.25) is 4.79 Å². The van der Waals surface area contributed by atoms with Gasteiger partial charge in [0.05, 0.1) is 18.8 Å². The second kappa shape index (κ2) is 30.8. The lowest BCUT2D eigenvalue weighted by Gasteiger charge is -2.27. The average Bonchev–Trinajstić information content (AvgIpc) is 2.98. The van der Waals surface area contributed by atoms with Gasteiger partial charge in [0.25, 0.3) is 0 Å². The molecule has 6 nitrogen and oxygen atoms in total. The molecule has 0 bridgehead atoms. The summed E-state index contributed by atoms with van der Waals surface area (Å²) in [6.45, 7) is 4.02. The number of carbonyl (C=O) groups excluding carboxylic acids is 1. The molecule has 0 fully saturated rings. The number of aliphatic hydroxyl groups excluding tert-OH is 4. The first-order valence-corrected chi connectivity index (χ1v) is 17.9.